The van der Waals surface area contributed by atoms with Crippen LogP contribution in [-0.2, 0) is 6.54 Å². The van der Waals surface area contributed by atoms with Gasteiger partial charge in [0.05, 0.1) is 4.92 Å². The van der Waals surface area contributed by atoms with Crippen molar-refractivity contribution in [3.05, 3.63) is 69.8 Å². The molecule has 0 atom stereocenters. The van der Waals surface area contributed by atoms with Crippen LogP contribution in [-0.4, -0.2) is 36.0 Å². The number of benzene rings is 2. The normalized spacial score (nSPS) is 10.3. The van der Waals surface area contributed by atoms with E-state index < -0.39 is 4.92 Å². The summed E-state index contributed by atoms with van der Waals surface area (Å²) < 4.78 is 0. The Balaban J connectivity index is 1.77. The molecule has 154 valence electrons. The van der Waals surface area contributed by atoms with Crippen LogP contribution in [0.3, 0.4) is 0 Å². The lowest BCUT2D eigenvalue weighted by Gasteiger charge is -2.11. The number of carbonyl (C=O) groups excluding carboxylic acids is 2. The van der Waals surface area contributed by atoms with E-state index in [1.807, 2.05) is 13.8 Å². The van der Waals surface area contributed by atoms with Crippen molar-refractivity contribution >= 4 is 23.3 Å². The summed E-state index contributed by atoms with van der Waals surface area (Å²) in [5.41, 5.74) is 1.76. The van der Waals surface area contributed by atoms with E-state index in [-0.39, 0.29) is 23.7 Å². The Hall–Kier alpha value is -3.62. The highest BCUT2D eigenvalue weighted by molar-refractivity contribution is 5.94. The maximum absolute atomic E-state index is 12.2. The second-order valence-electron chi connectivity index (χ2n) is 6.64. The third-order valence-electron chi connectivity index (χ3n) is 3.92. The predicted molar refractivity (Wildman–Crippen MR) is 111 cm³/mol. The van der Waals surface area contributed by atoms with Gasteiger partial charge in [0.2, 0.25) is 0 Å². The maximum Gasteiger partial charge on any atom is 0.315 e. The molecule has 0 heterocycles. The highest BCUT2D eigenvalue weighted by atomic mass is 16.6. The summed E-state index contributed by atoms with van der Waals surface area (Å²) in [5.74, 6) is -0.244. The van der Waals surface area contributed by atoms with Gasteiger partial charge in [0.25, 0.3) is 11.6 Å². The molecule has 3 amide bonds. The van der Waals surface area contributed by atoms with Crippen LogP contribution in [0.15, 0.2) is 48.5 Å². The number of anilines is 1. The van der Waals surface area contributed by atoms with Gasteiger partial charge in [0, 0.05) is 37.3 Å². The SMILES string of the molecule is CC(C)NC(=O)NCc1ccc(C(=O)NCCNc2ccccc2[N+](=O)[O-])cc1. The Morgan fingerprint density at radius 3 is 2.34 bits per heavy atom. The monoisotopic (exact) mass is 399 g/mol. The number of nitro groups is 1. The topological polar surface area (TPSA) is 125 Å². The fourth-order valence-corrected chi connectivity index (χ4v) is 2.53. The second-order valence-corrected chi connectivity index (χ2v) is 6.64. The number of hydrogen-bond acceptors (Lipinski definition) is 5. The summed E-state index contributed by atoms with van der Waals surface area (Å²) in [5, 5.41) is 22.2. The van der Waals surface area contributed by atoms with Crippen molar-refractivity contribution in [1.82, 2.24) is 16.0 Å². The number of carbonyl (C=O) groups is 2. The van der Waals surface area contributed by atoms with Crippen molar-refractivity contribution in [2.24, 2.45) is 0 Å². The number of para-hydroxylation sites is 2. The molecule has 0 aliphatic carbocycles. The molecular formula is C20H25N5O4. The van der Waals surface area contributed by atoms with Gasteiger partial charge in [0.1, 0.15) is 5.69 Å². The first-order valence-corrected chi connectivity index (χ1v) is 9.25. The molecule has 0 spiro atoms. The summed E-state index contributed by atoms with van der Waals surface area (Å²) in [6.45, 7) is 4.78. The van der Waals surface area contributed by atoms with Crippen LogP contribution in [0.4, 0.5) is 16.2 Å². The second kappa shape index (κ2) is 10.6. The number of nitro benzene ring substituents is 1. The lowest BCUT2D eigenvalue weighted by molar-refractivity contribution is -0.384. The Bertz CT molecular complexity index is 852. The first-order chi connectivity index (χ1) is 13.9. The molecule has 9 heteroatoms. The Labute approximate surface area is 169 Å². The van der Waals surface area contributed by atoms with Crippen LogP contribution in [0, 0.1) is 10.1 Å². The van der Waals surface area contributed by atoms with Crippen LogP contribution < -0.4 is 21.3 Å². The van der Waals surface area contributed by atoms with Gasteiger partial charge in [-0.1, -0.05) is 24.3 Å². The summed E-state index contributed by atoms with van der Waals surface area (Å²) in [6, 6.07) is 13.1. The fraction of sp³-hybridized carbons (Fsp3) is 0.300. The highest BCUT2D eigenvalue weighted by Crippen LogP contribution is 2.22. The van der Waals surface area contributed by atoms with Crippen molar-refractivity contribution in [2.75, 3.05) is 18.4 Å². The van der Waals surface area contributed by atoms with E-state index in [2.05, 4.69) is 21.3 Å². The summed E-state index contributed by atoms with van der Waals surface area (Å²) >= 11 is 0. The number of urea groups is 1. The average molecular weight is 399 g/mol. The van der Waals surface area contributed by atoms with Crippen LogP contribution in [0.5, 0.6) is 0 Å². The van der Waals surface area contributed by atoms with E-state index in [1.165, 1.54) is 6.07 Å². The average Bonchev–Trinajstić information content (AvgIpc) is 2.69. The molecule has 2 aromatic rings. The van der Waals surface area contributed by atoms with E-state index >= 15 is 0 Å². The summed E-state index contributed by atoms with van der Waals surface area (Å²) in [6.07, 6.45) is 0. The van der Waals surface area contributed by atoms with Crippen molar-refractivity contribution in [2.45, 2.75) is 26.4 Å². The van der Waals surface area contributed by atoms with E-state index in [4.69, 9.17) is 0 Å². The Morgan fingerprint density at radius 2 is 1.69 bits per heavy atom. The molecule has 29 heavy (non-hydrogen) atoms. The highest BCUT2D eigenvalue weighted by Gasteiger charge is 2.11. The van der Waals surface area contributed by atoms with Crippen LogP contribution in [0.25, 0.3) is 0 Å². The molecule has 2 rings (SSSR count). The number of nitrogens with one attached hydrogen (secondary N) is 4. The van der Waals surface area contributed by atoms with Gasteiger partial charge >= 0.3 is 6.03 Å². The maximum atomic E-state index is 12.2. The number of rotatable bonds is 9. The van der Waals surface area contributed by atoms with Gasteiger partial charge in [-0.05, 0) is 37.6 Å². The van der Waals surface area contributed by atoms with Gasteiger partial charge < -0.3 is 21.3 Å². The smallest absolute Gasteiger partial charge is 0.315 e. The molecule has 0 aliphatic rings. The summed E-state index contributed by atoms with van der Waals surface area (Å²) in [4.78, 5) is 34.3. The standard InChI is InChI=1S/C20H25N5O4/c1-14(2)24-20(27)23-13-15-7-9-16(10-8-15)19(26)22-12-11-21-17-5-3-4-6-18(17)25(28)29/h3-10,14,21H,11-13H2,1-2H3,(H,22,26)(H2,23,24,27). The zero-order chi connectivity index (χ0) is 21.2. The fourth-order valence-electron chi connectivity index (χ4n) is 2.53. The molecule has 9 nitrogen and oxygen atoms in total. The van der Waals surface area contributed by atoms with E-state index in [9.17, 15) is 19.7 Å². The van der Waals surface area contributed by atoms with Crippen LogP contribution in [0.1, 0.15) is 29.8 Å². The lowest BCUT2D eigenvalue weighted by Crippen LogP contribution is -2.39. The van der Waals surface area contributed by atoms with Gasteiger partial charge in [0.15, 0.2) is 0 Å². The molecule has 0 unspecified atom stereocenters. The molecule has 0 aliphatic heterocycles. The molecule has 0 radical (unpaired) electrons. The number of amides is 3. The molecule has 0 fully saturated rings. The summed E-state index contributed by atoms with van der Waals surface area (Å²) in [7, 11) is 0. The Kier molecular flexibility index (Phi) is 7.96. The van der Waals surface area contributed by atoms with Crippen molar-refractivity contribution in [3.8, 4) is 0 Å². The largest absolute Gasteiger partial charge is 0.378 e. The van der Waals surface area contributed by atoms with Gasteiger partial charge in [-0.25, -0.2) is 4.79 Å². The third kappa shape index (κ3) is 7.13. The van der Waals surface area contributed by atoms with Crippen LogP contribution >= 0.6 is 0 Å². The minimum Gasteiger partial charge on any atom is -0.378 e. The number of hydrogen-bond donors (Lipinski definition) is 4. The molecule has 0 aromatic heterocycles. The lowest BCUT2D eigenvalue weighted by atomic mass is 10.1. The molecule has 0 bridgehead atoms. The van der Waals surface area contributed by atoms with Crippen molar-refractivity contribution in [3.63, 3.8) is 0 Å². The van der Waals surface area contributed by atoms with Crippen LogP contribution in [0.2, 0.25) is 0 Å². The minimum atomic E-state index is -0.455. The quantitative estimate of drug-likeness (QED) is 0.293. The zero-order valence-electron chi connectivity index (χ0n) is 16.4. The zero-order valence-corrected chi connectivity index (χ0v) is 16.4. The molecule has 0 saturated heterocycles. The molecule has 4 N–H and O–H groups in total. The van der Waals surface area contributed by atoms with E-state index in [0.717, 1.165) is 5.56 Å². The third-order valence-corrected chi connectivity index (χ3v) is 3.92. The molecule has 2 aromatic carbocycles. The Morgan fingerprint density at radius 1 is 1.00 bits per heavy atom. The molecule has 0 saturated carbocycles. The van der Waals surface area contributed by atoms with Crippen molar-refractivity contribution < 1.29 is 14.5 Å². The van der Waals surface area contributed by atoms with E-state index in [0.29, 0.717) is 30.9 Å². The minimum absolute atomic E-state index is 0.00917. The first kappa shape index (κ1) is 21.7. The molecular weight excluding hydrogens is 374 g/mol. The van der Waals surface area contributed by atoms with Gasteiger partial charge in [-0.2, -0.15) is 0 Å². The van der Waals surface area contributed by atoms with E-state index in [1.54, 1.807) is 42.5 Å². The van der Waals surface area contributed by atoms with Gasteiger partial charge in [-0.3, -0.25) is 14.9 Å². The number of nitrogens with zero attached hydrogens (tertiary/aromatic N) is 1. The first-order valence-electron chi connectivity index (χ1n) is 9.25. The predicted octanol–water partition coefficient (Wildman–Crippen LogP) is 2.64. The van der Waals surface area contributed by atoms with Gasteiger partial charge in [-0.15, -0.1) is 0 Å². The van der Waals surface area contributed by atoms with Crippen molar-refractivity contribution in [1.29, 1.82) is 0 Å².